The highest BCUT2D eigenvalue weighted by atomic mass is 32.1. The molecular weight excluding hydrogens is 274 g/mol. The van der Waals surface area contributed by atoms with E-state index in [1.54, 1.807) is 12.5 Å². The molecule has 0 spiro atoms. The van der Waals surface area contributed by atoms with Gasteiger partial charge in [-0.25, -0.2) is 4.98 Å². The molecule has 1 heterocycles. The number of ether oxygens (including phenoxy) is 1. The first-order chi connectivity index (χ1) is 9.63. The molecule has 3 N–H and O–H groups in total. The Bertz CT molecular complexity index is 598. The molecule has 5 nitrogen and oxygen atoms in total. The highest BCUT2D eigenvalue weighted by molar-refractivity contribution is 7.09. The number of aromatic nitrogens is 1. The van der Waals surface area contributed by atoms with Gasteiger partial charge in [0, 0.05) is 11.9 Å². The number of carbonyl (C=O) groups excluding carboxylic acids is 1. The Kier molecular flexibility index (Phi) is 4.70. The zero-order valence-corrected chi connectivity index (χ0v) is 12.2. The second kappa shape index (κ2) is 6.49. The molecule has 0 bridgehead atoms. The highest BCUT2D eigenvalue weighted by Gasteiger charge is 2.14. The maximum atomic E-state index is 12.1. The van der Waals surface area contributed by atoms with Crippen LogP contribution in [0.15, 0.2) is 29.6 Å². The Balaban J connectivity index is 2.06. The Morgan fingerprint density at radius 3 is 3.00 bits per heavy atom. The Morgan fingerprint density at radius 1 is 1.55 bits per heavy atom. The average molecular weight is 291 g/mol. The summed E-state index contributed by atoms with van der Waals surface area (Å²) < 4.78 is 5.18. The first-order valence-electron chi connectivity index (χ1n) is 6.23. The van der Waals surface area contributed by atoms with Crippen molar-refractivity contribution in [1.29, 1.82) is 0 Å². The summed E-state index contributed by atoms with van der Waals surface area (Å²) in [7, 11) is 1.62. The summed E-state index contributed by atoms with van der Waals surface area (Å²) in [4.78, 5) is 16.2. The van der Waals surface area contributed by atoms with E-state index in [1.807, 2.05) is 31.2 Å². The number of amides is 1. The van der Waals surface area contributed by atoms with Crippen molar-refractivity contribution in [2.24, 2.45) is 5.73 Å². The van der Waals surface area contributed by atoms with Gasteiger partial charge >= 0.3 is 0 Å². The molecule has 1 aromatic carbocycles. The lowest BCUT2D eigenvalue weighted by Crippen LogP contribution is -2.27. The summed E-state index contributed by atoms with van der Waals surface area (Å²) in [6.45, 7) is 2.27. The van der Waals surface area contributed by atoms with Crippen LogP contribution in [0.5, 0.6) is 5.75 Å². The number of hydrogen-bond donors (Lipinski definition) is 2. The van der Waals surface area contributed by atoms with Crippen LogP contribution >= 0.6 is 11.3 Å². The summed E-state index contributed by atoms with van der Waals surface area (Å²) in [6.07, 6.45) is 0. The van der Waals surface area contributed by atoms with Crippen molar-refractivity contribution in [3.63, 3.8) is 0 Å². The molecule has 0 radical (unpaired) electrons. The van der Waals surface area contributed by atoms with E-state index >= 15 is 0 Å². The molecule has 0 unspecified atom stereocenters. The molecule has 1 aromatic heterocycles. The predicted molar refractivity (Wildman–Crippen MR) is 78.9 cm³/mol. The molecule has 0 fully saturated rings. The van der Waals surface area contributed by atoms with E-state index in [0.29, 0.717) is 12.2 Å². The molecule has 1 atom stereocenters. The van der Waals surface area contributed by atoms with Gasteiger partial charge in [-0.2, -0.15) is 0 Å². The van der Waals surface area contributed by atoms with Gasteiger partial charge in [-0.15, -0.1) is 11.3 Å². The predicted octanol–water partition coefficient (Wildman–Crippen LogP) is 2.10. The Morgan fingerprint density at radius 2 is 2.35 bits per heavy atom. The molecule has 2 aromatic rings. The standard InChI is InChI=1S/C14H17N3O2S/c1-9(10-4-3-5-11(6-10)19-2)16-14(18)12-8-20-13(7-15)17-12/h3-6,8-9H,7,15H2,1-2H3,(H,16,18)/t9-/m0/s1. The third-order valence-corrected chi connectivity index (χ3v) is 3.77. The van der Waals surface area contributed by atoms with Crippen LogP contribution in [-0.2, 0) is 6.54 Å². The van der Waals surface area contributed by atoms with Crippen LogP contribution in [0, 0.1) is 0 Å². The smallest absolute Gasteiger partial charge is 0.271 e. The number of nitrogens with two attached hydrogens (primary N) is 1. The lowest BCUT2D eigenvalue weighted by molar-refractivity contribution is 0.0935. The van der Waals surface area contributed by atoms with Crippen LogP contribution in [0.2, 0.25) is 0 Å². The summed E-state index contributed by atoms with van der Waals surface area (Å²) in [5.74, 6) is 0.568. The molecule has 1 amide bonds. The molecule has 0 aliphatic heterocycles. The van der Waals surface area contributed by atoms with Crippen molar-refractivity contribution in [3.8, 4) is 5.75 Å². The van der Waals surface area contributed by atoms with Crippen molar-refractivity contribution in [2.45, 2.75) is 19.5 Å². The van der Waals surface area contributed by atoms with Crippen LogP contribution in [0.3, 0.4) is 0 Å². The van der Waals surface area contributed by atoms with E-state index in [1.165, 1.54) is 11.3 Å². The summed E-state index contributed by atoms with van der Waals surface area (Å²) in [5, 5.41) is 5.38. The second-order valence-electron chi connectivity index (χ2n) is 4.30. The molecule has 6 heteroatoms. The number of hydrogen-bond acceptors (Lipinski definition) is 5. The van der Waals surface area contributed by atoms with Crippen LogP contribution in [0.4, 0.5) is 0 Å². The summed E-state index contributed by atoms with van der Waals surface area (Å²) >= 11 is 1.39. The SMILES string of the molecule is COc1cccc([C@H](C)NC(=O)c2csc(CN)n2)c1. The number of methoxy groups -OCH3 is 1. The maximum absolute atomic E-state index is 12.1. The summed E-state index contributed by atoms with van der Waals surface area (Å²) in [6, 6.07) is 7.48. The van der Waals surface area contributed by atoms with Crippen molar-refractivity contribution in [3.05, 3.63) is 45.9 Å². The van der Waals surface area contributed by atoms with Crippen molar-refractivity contribution in [2.75, 3.05) is 7.11 Å². The van der Waals surface area contributed by atoms with Gasteiger partial charge in [0.05, 0.1) is 13.2 Å². The maximum Gasteiger partial charge on any atom is 0.271 e. The Labute approximate surface area is 121 Å². The Hall–Kier alpha value is -1.92. The zero-order chi connectivity index (χ0) is 14.5. The van der Waals surface area contributed by atoms with Gasteiger partial charge in [0.15, 0.2) is 0 Å². The first-order valence-corrected chi connectivity index (χ1v) is 7.11. The normalized spacial score (nSPS) is 11.9. The minimum Gasteiger partial charge on any atom is -0.497 e. The third-order valence-electron chi connectivity index (χ3n) is 2.90. The van der Waals surface area contributed by atoms with E-state index < -0.39 is 0 Å². The van der Waals surface area contributed by atoms with E-state index in [0.717, 1.165) is 16.3 Å². The minimum absolute atomic E-state index is 0.124. The third kappa shape index (κ3) is 3.34. The molecule has 0 aliphatic carbocycles. The number of carbonyl (C=O) groups is 1. The van der Waals surface area contributed by atoms with E-state index in [-0.39, 0.29) is 11.9 Å². The average Bonchev–Trinajstić information content (AvgIpc) is 2.96. The molecule has 0 aliphatic rings. The monoisotopic (exact) mass is 291 g/mol. The number of benzene rings is 1. The van der Waals surface area contributed by atoms with Crippen molar-refractivity contribution < 1.29 is 9.53 Å². The van der Waals surface area contributed by atoms with Gasteiger partial charge in [0.2, 0.25) is 0 Å². The van der Waals surface area contributed by atoms with E-state index in [9.17, 15) is 4.79 Å². The topological polar surface area (TPSA) is 77.2 Å². The van der Waals surface area contributed by atoms with Crippen LogP contribution in [0.1, 0.15) is 34.0 Å². The van der Waals surface area contributed by atoms with Crippen molar-refractivity contribution in [1.82, 2.24) is 10.3 Å². The number of nitrogens with zero attached hydrogens (tertiary/aromatic N) is 1. The quantitative estimate of drug-likeness (QED) is 0.884. The van der Waals surface area contributed by atoms with Gasteiger partial charge in [-0.3, -0.25) is 4.79 Å². The van der Waals surface area contributed by atoms with Gasteiger partial charge < -0.3 is 15.8 Å². The molecule has 0 saturated carbocycles. The van der Waals surface area contributed by atoms with Gasteiger partial charge in [0.1, 0.15) is 16.5 Å². The largest absolute Gasteiger partial charge is 0.497 e. The van der Waals surface area contributed by atoms with Gasteiger partial charge in [-0.05, 0) is 24.6 Å². The number of nitrogens with one attached hydrogen (secondary N) is 1. The van der Waals surface area contributed by atoms with Crippen LogP contribution in [-0.4, -0.2) is 18.0 Å². The zero-order valence-electron chi connectivity index (χ0n) is 11.4. The van der Waals surface area contributed by atoms with Gasteiger partial charge in [0.25, 0.3) is 5.91 Å². The van der Waals surface area contributed by atoms with E-state index in [2.05, 4.69) is 10.3 Å². The fourth-order valence-electron chi connectivity index (χ4n) is 1.77. The molecule has 106 valence electrons. The fourth-order valence-corrected chi connectivity index (χ4v) is 2.43. The lowest BCUT2D eigenvalue weighted by atomic mass is 10.1. The number of thiazole rings is 1. The van der Waals surface area contributed by atoms with E-state index in [4.69, 9.17) is 10.5 Å². The second-order valence-corrected chi connectivity index (χ2v) is 5.25. The minimum atomic E-state index is -0.198. The fraction of sp³-hybridized carbons (Fsp3) is 0.286. The molecule has 20 heavy (non-hydrogen) atoms. The molecular formula is C14H17N3O2S. The molecule has 0 saturated heterocycles. The van der Waals surface area contributed by atoms with Crippen molar-refractivity contribution >= 4 is 17.2 Å². The number of rotatable bonds is 5. The lowest BCUT2D eigenvalue weighted by Gasteiger charge is -2.14. The first kappa shape index (κ1) is 14.5. The highest BCUT2D eigenvalue weighted by Crippen LogP contribution is 2.19. The summed E-state index contributed by atoms with van der Waals surface area (Å²) in [5.41, 5.74) is 6.88. The van der Waals surface area contributed by atoms with Gasteiger partial charge in [-0.1, -0.05) is 12.1 Å². The molecule has 2 rings (SSSR count). The van der Waals surface area contributed by atoms with Crippen LogP contribution in [0.25, 0.3) is 0 Å². The van der Waals surface area contributed by atoms with Crippen LogP contribution < -0.4 is 15.8 Å².